The van der Waals surface area contributed by atoms with Crippen molar-refractivity contribution in [1.82, 2.24) is 10.1 Å². The Kier molecular flexibility index (Phi) is 4.11. The van der Waals surface area contributed by atoms with Gasteiger partial charge in [-0.15, -0.1) is 0 Å². The molecule has 4 nitrogen and oxygen atoms in total. The summed E-state index contributed by atoms with van der Waals surface area (Å²) in [6, 6.07) is 6.81. The molecule has 122 valence electrons. The molecule has 1 aliphatic rings. The van der Waals surface area contributed by atoms with Gasteiger partial charge in [0, 0.05) is 19.2 Å². The second-order valence-corrected chi connectivity index (χ2v) is 5.57. The van der Waals surface area contributed by atoms with E-state index in [1.165, 1.54) is 24.5 Å². The molecular weight excluding hydrogens is 309 g/mol. The first-order valence-corrected chi connectivity index (χ1v) is 7.32. The minimum absolute atomic E-state index is 0.165. The number of amides is 1. The van der Waals surface area contributed by atoms with Gasteiger partial charge in [-0.05, 0) is 36.5 Å². The molecule has 0 unspecified atom stereocenters. The van der Waals surface area contributed by atoms with Crippen molar-refractivity contribution in [2.24, 2.45) is 0 Å². The zero-order valence-corrected chi connectivity index (χ0v) is 12.2. The van der Waals surface area contributed by atoms with Gasteiger partial charge in [-0.25, -0.2) is 0 Å². The van der Waals surface area contributed by atoms with E-state index in [-0.39, 0.29) is 17.5 Å². The van der Waals surface area contributed by atoms with Gasteiger partial charge in [0.25, 0.3) is 5.91 Å². The van der Waals surface area contributed by atoms with Gasteiger partial charge in [0.05, 0.1) is 5.56 Å². The molecular formula is C16H15F3N2O2. The Bertz CT molecular complexity index is 658. The molecule has 2 heterocycles. The number of carbonyl (C=O) groups is 1. The molecule has 3 rings (SSSR count). The van der Waals surface area contributed by atoms with Crippen molar-refractivity contribution in [3.63, 3.8) is 0 Å². The standard InChI is InChI=1S/C16H15F3N2O2/c17-16(18,19)13-3-1-11(2-4-13)12-5-8-21(9-6-12)15(22)14-7-10-23-20-14/h1-4,7,10,12H,5-6,8-9H2. The van der Waals surface area contributed by atoms with Crippen LogP contribution in [0.5, 0.6) is 0 Å². The second-order valence-electron chi connectivity index (χ2n) is 5.57. The zero-order valence-electron chi connectivity index (χ0n) is 12.2. The Morgan fingerprint density at radius 1 is 1.13 bits per heavy atom. The van der Waals surface area contributed by atoms with Gasteiger partial charge in [0.2, 0.25) is 0 Å². The third kappa shape index (κ3) is 3.38. The predicted octanol–water partition coefficient (Wildman–Crippen LogP) is 3.71. The lowest BCUT2D eigenvalue weighted by Gasteiger charge is -2.31. The first kappa shape index (κ1) is 15.6. The normalized spacial score (nSPS) is 16.6. The number of rotatable bonds is 2. The quantitative estimate of drug-likeness (QED) is 0.846. The molecule has 0 spiro atoms. The van der Waals surface area contributed by atoms with E-state index in [1.54, 1.807) is 4.90 Å². The van der Waals surface area contributed by atoms with E-state index in [1.807, 2.05) is 0 Å². The van der Waals surface area contributed by atoms with Crippen molar-refractivity contribution in [2.75, 3.05) is 13.1 Å². The van der Waals surface area contributed by atoms with E-state index in [0.29, 0.717) is 13.1 Å². The third-order valence-corrected chi connectivity index (χ3v) is 4.15. The number of aromatic nitrogens is 1. The highest BCUT2D eigenvalue weighted by atomic mass is 19.4. The van der Waals surface area contributed by atoms with Gasteiger partial charge in [0.15, 0.2) is 5.69 Å². The topological polar surface area (TPSA) is 46.3 Å². The molecule has 1 amide bonds. The average molecular weight is 324 g/mol. The van der Waals surface area contributed by atoms with Crippen molar-refractivity contribution < 1.29 is 22.5 Å². The van der Waals surface area contributed by atoms with Gasteiger partial charge in [-0.2, -0.15) is 13.2 Å². The van der Waals surface area contributed by atoms with Gasteiger partial charge >= 0.3 is 6.18 Å². The maximum Gasteiger partial charge on any atom is 0.416 e. The summed E-state index contributed by atoms with van der Waals surface area (Å²) in [4.78, 5) is 13.8. The summed E-state index contributed by atoms with van der Waals surface area (Å²) >= 11 is 0. The summed E-state index contributed by atoms with van der Waals surface area (Å²) in [5.74, 6) is -0.0109. The monoisotopic (exact) mass is 324 g/mol. The number of hydrogen-bond donors (Lipinski definition) is 0. The number of hydrogen-bond acceptors (Lipinski definition) is 3. The van der Waals surface area contributed by atoms with Crippen LogP contribution in [0, 0.1) is 0 Å². The van der Waals surface area contributed by atoms with Crippen LogP contribution in [0.4, 0.5) is 13.2 Å². The Morgan fingerprint density at radius 2 is 1.78 bits per heavy atom. The Labute approximate surface area is 130 Å². The molecule has 1 fully saturated rings. The van der Waals surface area contributed by atoms with E-state index in [9.17, 15) is 18.0 Å². The molecule has 0 bridgehead atoms. The van der Waals surface area contributed by atoms with Crippen LogP contribution in [0.3, 0.4) is 0 Å². The number of likely N-dealkylation sites (tertiary alicyclic amines) is 1. The van der Waals surface area contributed by atoms with Crippen LogP contribution in [0.2, 0.25) is 0 Å². The van der Waals surface area contributed by atoms with Crippen LogP contribution in [0.25, 0.3) is 0 Å². The van der Waals surface area contributed by atoms with E-state index in [4.69, 9.17) is 0 Å². The number of halogens is 3. The molecule has 23 heavy (non-hydrogen) atoms. The fourth-order valence-electron chi connectivity index (χ4n) is 2.85. The second kappa shape index (κ2) is 6.06. The molecule has 1 aromatic heterocycles. The fourth-order valence-corrected chi connectivity index (χ4v) is 2.85. The number of benzene rings is 1. The molecule has 1 aliphatic heterocycles. The Balaban J connectivity index is 1.62. The SMILES string of the molecule is O=C(c1ccon1)N1CCC(c2ccc(C(F)(F)F)cc2)CC1. The molecule has 0 aliphatic carbocycles. The molecule has 0 N–H and O–H groups in total. The van der Waals surface area contributed by atoms with E-state index in [0.717, 1.165) is 30.5 Å². The largest absolute Gasteiger partial charge is 0.416 e. The van der Waals surface area contributed by atoms with Crippen molar-refractivity contribution in [1.29, 1.82) is 0 Å². The van der Waals surface area contributed by atoms with Crippen LogP contribution >= 0.6 is 0 Å². The van der Waals surface area contributed by atoms with E-state index >= 15 is 0 Å². The van der Waals surface area contributed by atoms with Gasteiger partial charge in [-0.3, -0.25) is 4.79 Å². The predicted molar refractivity (Wildman–Crippen MR) is 75.8 cm³/mol. The maximum absolute atomic E-state index is 12.6. The van der Waals surface area contributed by atoms with Crippen LogP contribution in [-0.2, 0) is 6.18 Å². The summed E-state index contributed by atoms with van der Waals surface area (Å²) in [7, 11) is 0. The van der Waals surface area contributed by atoms with Crippen molar-refractivity contribution in [3.05, 3.63) is 53.4 Å². The first-order chi connectivity index (χ1) is 10.9. The highest BCUT2D eigenvalue weighted by molar-refractivity contribution is 5.92. The average Bonchev–Trinajstić information content (AvgIpc) is 3.08. The lowest BCUT2D eigenvalue weighted by molar-refractivity contribution is -0.137. The van der Waals surface area contributed by atoms with Crippen LogP contribution in [0.1, 0.15) is 40.4 Å². The van der Waals surface area contributed by atoms with Gasteiger partial charge in [0.1, 0.15) is 6.26 Å². The van der Waals surface area contributed by atoms with E-state index < -0.39 is 11.7 Å². The smallest absolute Gasteiger partial charge is 0.364 e. The Hall–Kier alpha value is -2.31. The van der Waals surface area contributed by atoms with Crippen molar-refractivity contribution in [3.8, 4) is 0 Å². The van der Waals surface area contributed by atoms with E-state index in [2.05, 4.69) is 9.68 Å². The minimum Gasteiger partial charge on any atom is -0.364 e. The summed E-state index contributed by atoms with van der Waals surface area (Å²) < 4.78 is 42.4. The van der Waals surface area contributed by atoms with Crippen molar-refractivity contribution >= 4 is 5.91 Å². The van der Waals surface area contributed by atoms with Crippen LogP contribution < -0.4 is 0 Å². The molecule has 1 saturated heterocycles. The van der Waals surface area contributed by atoms with Gasteiger partial charge in [-0.1, -0.05) is 17.3 Å². The molecule has 0 radical (unpaired) electrons. The van der Waals surface area contributed by atoms with Crippen molar-refractivity contribution in [2.45, 2.75) is 24.9 Å². The summed E-state index contributed by atoms with van der Waals surface area (Å²) in [5, 5.41) is 3.63. The highest BCUT2D eigenvalue weighted by Gasteiger charge is 2.31. The fraction of sp³-hybridized carbons (Fsp3) is 0.375. The molecule has 0 atom stereocenters. The maximum atomic E-state index is 12.6. The summed E-state index contributed by atoms with van der Waals surface area (Å²) in [5.41, 5.74) is 0.518. The number of piperidine rings is 1. The molecule has 1 aromatic carbocycles. The zero-order chi connectivity index (χ0) is 16.4. The van der Waals surface area contributed by atoms with Gasteiger partial charge < -0.3 is 9.42 Å². The minimum atomic E-state index is -4.31. The number of nitrogens with zero attached hydrogens (tertiary/aromatic N) is 2. The molecule has 0 saturated carbocycles. The molecule has 7 heteroatoms. The Morgan fingerprint density at radius 3 is 2.30 bits per heavy atom. The number of carbonyl (C=O) groups excluding carboxylic acids is 1. The number of alkyl halides is 3. The third-order valence-electron chi connectivity index (χ3n) is 4.15. The summed E-state index contributed by atoms with van der Waals surface area (Å²) in [6.45, 7) is 1.11. The van der Waals surface area contributed by atoms with Crippen LogP contribution in [0.15, 0.2) is 41.1 Å². The lowest BCUT2D eigenvalue weighted by atomic mass is 9.89. The first-order valence-electron chi connectivity index (χ1n) is 7.32. The lowest BCUT2D eigenvalue weighted by Crippen LogP contribution is -2.38. The van der Waals surface area contributed by atoms with Crippen LogP contribution in [-0.4, -0.2) is 29.1 Å². The summed E-state index contributed by atoms with van der Waals surface area (Å²) in [6.07, 6.45) is -1.53. The highest BCUT2D eigenvalue weighted by Crippen LogP contribution is 2.33. The molecule has 2 aromatic rings.